The van der Waals surface area contributed by atoms with Crippen LogP contribution in [0.15, 0.2) is 42.5 Å². The molecule has 2 saturated heterocycles. The molecule has 0 aliphatic carbocycles. The first-order chi connectivity index (χ1) is 14.6. The summed E-state index contributed by atoms with van der Waals surface area (Å²) in [4.78, 5) is 15.1. The Morgan fingerprint density at radius 1 is 1.17 bits per heavy atom. The molecule has 2 aromatic carbocycles. The molecule has 0 aromatic heterocycles. The summed E-state index contributed by atoms with van der Waals surface area (Å²) < 4.78 is 30.4. The van der Waals surface area contributed by atoms with Crippen LogP contribution in [0.5, 0.6) is 17.2 Å². The fraction of sp³-hybridized carbons (Fsp3) is 0.435. The second-order valence-corrected chi connectivity index (χ2v) is 8.30. The monoisotopic (exact) mass is 412 g/mol. The van der Waals surface area contributed by atoms with Crippen molar-refractivity contribution in [1.29, 1.82) is 0 Å². The average molecular weight is 412 g/mol. The van der Waals surface area contributed by atoms with Gasteiger partial charge in [-0.15, -0.1) is 0 Å². The van der Waals surface area contributed by atoms with Gasteiger partial charge in [0.05, 0.1) is 0 Å². The normalized spacial score (nSPS) is 26.8. The number of halogens is 1. The number of hydrogen-bond donors (Lipinski definition) is 1. The van der Waals surface area contributed by atoms with Gasteiger partial charge in [-0.3, -0.25) is 4.79 Å². The topological polar surface area (TPSA) is 60.0 Å². The van der Waals surface area contributed by atoms with Crippen molar-refractivity contribution >= 4 is 5.91 Å². The van der Waals surface area contributed by atoms with E-state index in [-0.39, 0.29) is 30.5 Å². The Balaban J connectivity index is 1.17. The quantitative estimate of drug-likeness (QED) is 0.819. The molecular formula is C23H25FN2O4. The predicted molar refractivity (Wildman–Crippen MR) is 109 cm³/mol. The molecular weight excluding hydrogens is 387 g/mol. The highest BCUT2D eigenvalue weighted by Gasteiger charge is 2.33. The van der Waals surface area contributed by atoms with Crippen LogP contribution in [-0.2, 0) is 0 Å². The zero-order valence-electron chi connectivity index (χ0n) is 16.7. The van der Waals surface area contributed by atoms with Crippen LogP contribution in [0.3, 0.4) is 0 Å². The number of fused-ring (bicyclic) bond motifs is 3. The second-order valence-electron chi connectivity index (χ2n) is 8.30. The van der Waals surface area contributed by atoms with Gasteiger partial charge in [-0.1, -0.05) is 0 Å². The lowest BCUT2D eigenvalue weighted by molar-refractivity contribution is 0.0534. The molecule has 4 atom stereocenters. The number of carbonyl (C=O) groups excluding carboxylic acids is 1. The molecule has 3 aliphatic heterocycles. The van der Waals surface area contributed by atoms with Gasteiger partial charge in [-0.25, -0.2) is 4.39 Å². The Labute approximate surface area is 174 Å². The summed E-state index contributed by atoms with van der Waals surface area (Å²) in [5.41, 5.74) is 0.575. The van der Waals surface area contributed by atoms with Gasteiger partial charge in [0.25, 0.3) is 5.91 Å². The van der Waals surface area contributed by atoms with E-state index >= 15 is 0 Å². The first-order valence-corrected chi connectivity index (χ1v) is 10.5. The molecule has 6 nitrogen and oxygen atoms in total. The molecule has 2 aromatic rings. The maximum Gasteiger partial charge on any atom is 0.251 e. The largest absolute Gasteiger partial charge is 0.490 e. The summed E-state index contributed by atoms with van der Waals surface area (Å²) in [6.45, 7) is 3.85. The first kappa shape index (κ1) is 19.2. The molecule has 3 aliphatic rings. The van der Waals surface area contributed by atoms with E-state index in [2.05, 4.69) is 10.2 Å². The Bertz CT molecular complexity index is 908. The molecule has 1 amide bonds. The van der Waals surface area contributed by atoms with Gasteiger partial charge >= 0.3 is 0 Å². The van der Waals surface area contributed by atoms with E-state index in [1.165, 1.54) is 25.1 Å². The minimum absolute atomic E-state index is 0.0735. The minimum atomic E-state index is -0.304. The summed E-state index contributed by atoms with van der Waals surface area (Å²) in [5.74, 6) is 2.06. The Kier molecular flexibility index (Phi) is 5.21. The van der Waals surface area contributed by atoms with Crippen molar-refractivity contribution in [2.75, 3.05) is 32.8 Å². The fourth-order valence-electron chi connectivity index (χ4n) is 4.49. The highest BCUT2D eigenvalue weighted by molar-refractivity contribution is 5.95. The predicted octanol–water partition coefficient (Wildman–Crippen LogP) is 2.87. The molecule has 3 heterocycles. The molecule has 7 heteroatoms. The minimum Gasteiger partial charge on any atom is -0.490 e. The third-order valence-electron chi connectivity index (χ3n) is 5.98. The maximum absolute atomic E-state index is 13.0. The SMILES string of the molecule is O=C(N[C@@H]1C[C@@H]2CCN(C2)C1)c1ccc2c(c1)OC[C@H](COc1ccc(F)cc1)O2. The van der Waals surface area contributed by atoms with Gasteiger partial charge in [0.2, 0.25) is 0 Å². The van der Waals surface area contributed by atoms with Crippen LogP contribution in [0.25, 0.3) is 0 Å². The van der Waals surface area contributed by atoms with E-state index in [9.17, 15) is 9.18 Å². The Morgan fingerprint density at radius 2 is 2.03 bits per heavy atom. The van der Waals surface area contributed by atoms with Crippen molar-refractivity contribution in [1.82, 2.24) is 10.2 Å². The van der Waals surface area contributed by atoms with Gasteiger partial charge in [0.1, 0.15) is 24.8 Å². The second kappa shape index (κ2) is 8.14. The number of ether oxygens (including phenoxy) is 3. The number of rotatable bonds is 5. The van der Waals surface area contributed by atoms with E-state index in [1.807, 2.05) is 0 Å². The molecule has 158 valence electrons. The van der Waals surface area contributed by atoms with Gasteiger partial charge in [0.15, 0.2) is 17.6 Å². The lowest BCUT2D eigenvalue weighted by Crippen LogP contribution is -2.47. The van der Waals surface area contributed by atoms with Crippen molar-refractivity contribution in [3.05, 3.63) is 53.8 Å². The lowest BCUT2D eigenvalue weighted by Gasteiger charge is -2.30. The van der Waals surface area contributed by atoms with Gasteiger partial charge in [-0.2, -0.15) is 0 Å². The van der Waals surface area contributed by atoms with Crippen molar-refractivity contribution < 1.29 is 23.4 Å². The number of hydrogen-bond acceptors (Lipinski definition) is 5. The van der Waals surface area contributed by atoms with Crippen molar-refractivity contribution in [2.45, 2.75) is 25.0 Å². The summed E-state index contributed by atoms with van der Waals surface area (Å²) >= 11 is 0. The van der Waals surface area contributed by atoms with E-state index in [0.29, 0.717) is 35.3 Å². The van der Waals surface area contributed by atoms with E-state index in [1.54, 1.807) is 30.3 Å². The molecule has 0 saturated carbocycles. The average Bonchev–Trinajstić information content (AvgIpc) is 3.10. The van der Waals surface area contributed by atoms with Crippen LogP contribution in [0.2, 0.25) is 0 Å². The van der Waals surface area contributed by atoms with Gasteiger partial charge in [-0.05, 0) is 67.8 Å². The number of carbonyl (C=O) groups is 1. The van der Waals surface area contributed by atoms with E-state index in [0.717, 1.165) is 19.5 Å². The van der Waals surface area contributed by atoms with Crippen molar-refractivity contribution in [2.24, 2.45) is 5.92 Å². The van der Waals surface area contributed by atoms with Gasteiger partial charge in [0, 0.05) is 24.7 Å². The summed E-state index contributed by atoms with van der Waals surface area (Å²) in [5, 5.41) is 3.17. The van der Waals surface area contributed by atoms with E-state index in [4.69, 9.17) is 14.2 Å². The molecule has 1 unspecified atom stereocenters. The Hall–Kier alpha value is -2.80. The zero-order valence-corrected chi connectivity index (χ0v) is 16.7. The molecule has 0 radical (unpaired) electrons. The highest BCUT2D eigenvalue weighted by atomic mass is 19.1. The molecule has 2 bridgehead atoms. The standard InChI is InChI=1S/C23H25FN2O4/c24-17-2-4-19(5-3-17)28-13-20-14-29-22-10-16(1-6-21(22)30-20)23(27)25-18-9-15-7-8-26(11-15)12-18/h1-6,10,15,18,20H,7-9,11-14H2,(H,25,27)/t15-,18+,20-/m0/s1. The summed E-state index contributed by atoms with van der Waals surface area (Å²) in [6, 6.07) is 11.3. The Morgan fingerprint density at radius 3 is 2.87 bits per heavy atom. The lowest BCUT2D eigenvalue weighted by atomic mass is 9.96. The van der Waals surface area contributed by atoms with Gasteiger partial charge < -0.3 is 24.4 Å². The van der Waals surface area contributed by atoms with E-state index < -0.39 is 0 Å². The molecule has 2 fully saturated rings. The van der Waals surface area contributed by atoms with Crippen LogP contribution < -0.4 is 19.5 Å². The number of amides is 1. The van der Waals surface area contributed by atoms with Crippen LogP contribution in [0, 0.1) is 11.7 Å². The smallest absolute Gasteiger partial charge is 0.251 e. The molecule has 30 heavy (non-hydrogen) atoms. The summed E-state index contributed by atoms with van der Waals surface area (Å²) in [7, 11) is 0. The number of piperidine rings is 1. The van der Waals surface area contributed by atoms with Crippen LogP contribution in [0.4, 0.5) is 4.39 Å². The number of benzene rings is 2. The molecule has 0 spiro atoms. The van der Waals surface area contributed by atoms with Crippen molar-refractivity contribution in [3.8, 4) is 17.2 Å². The fourth-order valence-corrected chi connectivity index (χ4v) is 4.49. The highest BCUT2D eigenvalue weighted by Crippen LogP contribution is 2.33. The number of nitrogens with zero attached hydrogens (tertiary/aromatic N) is 1. The van der Waals surface area contributed by atoms with Crippen LogP contribution >= 0.6 is 0 Å². The maximum atomic E-state index is 13.0. The third kappa shape index (κ3) is 4.21. The zero-order chi connectivity index (χ0) is 20.5. The van der Waals surface area contributed by atoms with Crippen LogP contribution in [0.1, 0.15) is 23.2 Å². The molecule has 1 N–H and O–H groups in total. The molecule has 5 rings (SSSR count). The summed E-state index contributed by atoms with van der Waals surface area (Å²) in [6.07, 6.45) is 2.01. The van der Waals surface area contributed by atoms with Crippen molar-refractivity contribution in [3.63, 3.8) is 0 Å². The van der Waals surface area contributed by atoms with Crippen LogP contribution in [-0.4, -0.2) is 55.8 Å². The number of nitrogens with one attached hydrogen (secondary N) is 1. The first-order valence-electron chi connectivity index (χ1n) is 10.5. The third-order valence-corrected chi connectivity index (χ3v) is 5.98.